The highest BCUT2D eigenvalue weighted by atomic mass is 15.0. The fourth-order valence-electron chi connectivity index (χ4n) is 4.38. The molecular weight excluding hydrogens is 344 g/mol. The van der Waals surface area contributed by atoms with Gasteiger partial charge < -0.3 is 9.55 Å². The molecule has 0 saturated heterocycles. The molecule has 28 heavy (non-hydrogen) atoms. The van der Waals surface area contributed by atoms with Gasteiger partial charge in [-0.05, 0) is 49.5 Å². The van der Waals surface area contributed by atoms with Crippen LogP contribution < -0.4 is 0 Å². The van der Waals surface area contributed by atoms with Crippen LogP contribution in [0.5, 0.6) is 0 Å². The average Bonchev–Trinajstić information content (AvgIpc) is 3.32. The van der Waals surface area contributed by atoms with Gasteiger partial charge in [0.25, 0.3) is 0 Å². The van der Waals surface area contributed by atoms with Crippen molar-refractivity contribution in [2.75, 3.05) is 0 Å². The number of hydrogen-bond acceptors (Lipinski definition) is 2. The van der Waals surface area contributed by atoms with E-state index < -0.39 is 0 Å². The van der Waals surface area contributed by atoms with Crippen LogP contribution in [-0.2, 0) is 6.42 Å². The molecule has 0 atom stereocenters. The van der Waals surface area contributed by atoms with Gasteiger partial charge in [0, 0.05) is 28.0 Å². The standard InChI is InChI=1S/C24H18N4/c25-14-16-13-20(27-21(16)15-26)19-9-3-6-12-24(19)28-22-10-4-1-7-17(22)18-8-2-5-11-23(18)28/h1,3-5,7,9-11,13,27H,2,6,8,12H2. The normalized spacial score (nSPS) is 15.5. The second-order valence-corrected chi connectivity index (χ2v) is 7.15. The van der Waals surface area contributed by atoms with Gasteiger partial charge in [0.1, 0.15) is 17.8 Å². The summed E-state index contributed by atoms with van der Waals surface area (Å²) >= 11 is 0. The van der Waals surface area contributed by atoms with E-state index in [9.17, 15) is 10.5 Å². The van der Waals surface area contributed by atoms with Crippen molar-refractivity contribution in [3.63, 3.8) is 0 Å². The zero-order valence-corrected chi connectivity index (χ0v) is 15.4. The molecule has 2 aliphatic carbocycles. The first-order valence-electron chi connectivity index (χ1n) is 9.54. The van der Waals surface area contributed by atoms with E-state index in [-0.39, 0.29) is 0 Å². The highest BCUT2D eigenvalue weighted by Crippen LogP contribution is 2.39. The van der Waals surface area contributed by atoms with Gasteiger partial charge in [0.2, 0.25) is 0 Å². The Morgan fingerprint density at radius 1 is 0.964 bits per heavy atom. The van der Waals surface area contributed by atoms with Gasteiger partial charge in [-0.1, -0.05) is 36.4 Å². The van der Waals surface area contributed by atoms with Crippen molar-refractivity contribution in [1.82, 2.24) is 9.55 Å². The lowest BCUT2D eigenvalue weighted by Gasteiger charge is -2.20. The van der Waals surface area contributed by atoms with E-state index in [2.05, 4.69) is 70.3 Å². The summed E-state index contributed by atoms with van der Waals surface area (Å²) in [6, 6.07) is 14.6. The minimum Gasteiger partial charge on any atom is -0.345 e. The van der Waals surface area contributed by atoms with E-state index in [1.165, 1.54) is 27.9 Å². The van der Waals surface area contributed by atoms with E-state index in [0.717, 1.165) is 37.0 Å². The third kappa shape index (κ3) is 2.36. The van der Waals surface area contributed by atoms with Crippen molar-refractivity contribution in [2.45, 2.75) is 25.7 Å². The van der Waals surface area contributed by atoms with Crippen molar-refractivity contribution < 1.29 is 0 Å². The predicted octanol–water partition coefficient (Wildman–Crippen LogP) is 5.39. The maximum Gasteiger partial charge on any atom is 0.136 e. The summed E-state index contributed by atoms with van der Waals surface area (Å²) in [7, 11) is 0. The molecule has 0 saturated carbocycles. The minimum atomic E-state index is 0.322. The van der Waals surface area contributed by atoms with Gasteiger partial charge >= 0.3 is 0 Å². The molecule has 0 aliphatic heterocycles. The van der Waals surface area contributed by atoms with Crippen molar-refractivity contribution in [1.29, 1.82) is 10.5 Å². The molecule has 2 aromatic heterocycles. The SMILES string of the molecule is N#Cc1cc(C2=C(n3c4c(c5ccccc53)CCC=C4)CCC=C2)[nH]c1C#N. The van der Waals surface area contributed by atoms with Crippen LogP contribution in [0.4, 0.5) is 0 Å². The quantitative estimate of drug-likeness (QED) is 0.664. The first-order chi connectivity index (χ1) is 13.8. The van der Waals surface area contributed by atoms with Crippen LogP contribution in [0.2, 0.25) is 0 Å². The van der Waals surface area contributed by atoms with Gasteiger partial charge in [-0.2, -0.15) is 10.5 Å². The summed E-state index contributed by atoms with van der Waals surface area (Å²) in [6.45, 7) is 0. The number of hydrogen-bond donors (Lipinski definition) is 1. The number of aromatic amines is 1. The molecule has 1 N–H and O–H groups in total. The number of H-pyrrole nitrogens is 1. The molecule has 0 spiro atoms. The van der Waals surface area contributed by atoms with Crippen LogP contribution in [0.15, 0.2) is 48.6 Å². The Morgan fingerprint density at radius 3 is 2.61 bits per heavy atom. The third-order valence-corrected chi connectivity index (χ3v) is 5.61. The van der Waals surface area contributed by atoms with Crippen molar-refractivity contribution in [3.8, 4) is 12.1 Å². The summed E-state index contributed by atoms with van der Waals surface area (Å²) in [6.07, 6.45) is 12.8. The number of para-hydroxylation sites is 1. The summed E-state index contributed by atoms with van der Waals surface area (Å²) < 4.78 is 2.37. The molecule has 5 rings (SSSR count). The lowest BCUT2D eigenvalue weighted by atomic mass is 9.99. The lowest BCUT2D eigenvalue weighted by Crippen LogP contribution is -2.06. The average molecular weight is 362 g/mol. The molecule has 0 amide bonds. The summed E-state index contributed by atoms with van der Waals surface area (Å²) in [4.78, 5) is 3.15. The van der Waals surface area contributed by atoms with Crippen LogP contribution in [-0.4, -0.2) is 9.55 Å². The van der Waals surface area contributed by atoms with Crippen LogP contribution >= 0.6 is 0 Å². The number of rotatable bonds is 2. The molecule has 0 unspecified atom stereocenters. The van der Waals surface area contributed by atoms with Gasteiger partial charge in [0.05, 0.1) is 11.1 Å². The Labute approximate surface area is 163 Å². The Balaban J connectivity index is 1.82. The molecule has 2 aliphatic rings. The number of aryl methyl sites for hydroxylation is 1. The lowest BCUT2D eigenvalue weighted by molar-refractivity contribution is 0.931. The van der Waals surface area contributed by atoms with Crippen molar-refractivity contribution >= 4 is 28.2 Å². The smallest absolute Gasteiger partial charge is 0.136 e. The Bertz CT molecular complexity index is 1250. The zero-order valence-electron chi connectivity index (χ0n) is 15.4. The Kier molecular flexibility index (Phi) is 3.78. The second kappa shape index (κ2) is 6.44. The topological polar surface area (TPSA) is 68.3 Å². The molecule has 3 aromatic rings. The molecule has 0 radical (unpaired) electrons. The van der Waals surface area contributed by atoms with E-state index in [1.807, 2.05) is 0 Å². The number of aromatic nitrogens is 2. The number of benzene rings is 1. The number of nitrogens with zero attached hydrogens (tertiary/aromatic N) is 3. The van der Waals surface area contributed by atoms with E-state index in [4.69, 9.17) is 0 Å². The zero-order chi connectivity index (χ0) is 19.1. The van der Waals surface area contributed by atoms with Gasteiger partial charge in [-0.25, -0.2) is 0 Å². The number of nitrogens with one attached hydrogen (secondary N) is 1. The van der Waals surface area contributed by atoms with E-state index >= 15 is 0 Å². The summed E-state index contributed by atoms with van der Waals surface area (Å²) in [5.41, 5.74) is 7.67. The predicted molar refractivity (Wildman–Crippen MR) is 111 cm³/mol. The third-order valence-electron chi connectivity index (χ3n) is 5.61. The van der Waals surface area contributed by atoms with Crippen molar-refractivity contribution in [3.05, 3.63) is 76.8 Å². The fraction of sp³-hybridized carbons (Fsp3) is 0.167. The number of nitriles is 2. The summed E-state index contributed by atoms with van der Waals surface area (Å²) in [5.74, 6) is 0. The number of allylic oxidation sites excluding steroid dienone is 5. The van der Waals surface area contributed by atoms with Gasteiger partial charge in [-0.15, -0.1) is 0 Å². The van der Waals surface area contributed by atoms with Crippen LogP contribution in [0.25, 0.3) is 28.2 Å². The molecule has 4 nitrogen and oxygen atoms in total. The van der Waals surface area contributed by atoms with E-state index in [1.54, 1.807) is 6.07 Å². The van der Waals surface area contributed by atoms with Gasteiger partial charge in [0.15, 0.2) is 0 Å². The number of fused-ring (bicyclic) bond motifs is 3. The maximum absolute atomic E-state index is 9.34. The fourth-order valence-corrected chi connectivity index (χ4v) is 4.38. The summed E-state index contributed by atoms with van der Waals surface area (Å²) in [5, 5.41) is 20.0. The Morgan fingerprint density at radius 2 is 1.79 bits per heavy atom. The van der Waals surface area contributed by atoms with Gasteiger partial charge in [-0.3, -0.25) is 0 Å². The molecule has 0 bridgehead atoms. The minimum absolute atomic E-state index is 0.322. The highest BCUT2D eigenvalue weighted by Gasteiger charge is 2.23. The maximum atomic E-state index is 9.34. The highest BCUT2D eigenvalue weighted by molar-refractivity contribution is 5.98. The largest absolute Gasteiger partial charge is 0.345 e. The van der Waals surface area contributed by atoms with Crippen LogP contribution in [0.3, 0.4) is 0 Å². The van der Waals surface area contributed by atoms with Crippen molar-refractivity contribution in [2.24, 2.45) is 0 Å². The van der Waals surface area contributed by atoms with E-state index in [0.29, 0.717) is 11.3 Å². The molecule has 134 valence electrons. The molecule has 2 heterocycles. The molecule has 1 aromatic carbocycles. The second-order valence-electron chi connectivity index (χ2n) is 7.15. The molecule has 4 heteroatoms. The molecule has 0 fully saturated rings. The Hall–Kier alpha value is -3.76. The van der Waals surface area contributed by atoms with Crippen LogP contribution in [0.1, 0.15) is 47.5 Å². The monoisotopic (exact) mass is 362 g/mol. The first-order valence-corrected chi connectivity index (χ1v) is 9.54. The molecular formula is C24H18N4. The van der Waals surface area contributed by atoms with Crippen LogP contribution in [0, 0.1) is 22.7 Å². The first kappa shape index (κ1) is 16.4.